The van der Waals surface area contributed by atoms with Gasteiger partial charge in [-0.15, -0.1) is 5.11 Å². The van der Waals surface area contributed by atoms with Gasteiger partial charge in [0.15, 0.2) is 0 Å². The molecule has 1 aromatic carbocycles. The zero-order chi connectivity index (χ0) is 9.73. The molecular weight excluding hydrogens is 172 g/mol. The van der Waals surface area contributed by atoms with E-state index in [4.69, 9.17) is 4.74 Å². The van der Waals surface area contributed by atoms with Crippen molar-refractivity contribution in [1.29, 1.82) is 0 Å². The Morgan fingerprint density at radius 1 is 1.08 bits per heavy atom. The molecule has 0 spiro atoms. The first kappa shape index (κ1) is 9.98. The number of hydrogen-bond donors (Lipinski definition) is 0. The van der Waals surface area contributed by atoms with E-state index >= 15 is 0 Å². The summed E-state index contributed by atoms with van der Waals surface area (Å²) in [4.78, 5) is 0. The van der Waals surface area contributed by atoms with Crippen molar-refractivity contribution < 1.29 is 19.3 Å². The molecule has 0 fully saturated rings. The zero-order valence-corrected chi connectivity index (χ0v) is 7.52. The lowest BCUT2D eigenvalue weighted by atomic mass is 10.3. The molecule has 0 aliphatic heterocycles. The van der Waals surface area contributed by atoms with Gasteiger partial charge in [0.2, 0.25) is 0 Å². The Morgan fingerprint density at radius 2 is 1.62 bits per heavy atom. The Kier molecular flexibility index (Phi) is 3.25. The van der Waals surface area contributed by atoms with Crippen LogP contribution >= 0.6 is 0 Å². The van der Waals surface area contributed by atoms with Gasteiger partial charge in [0.1, 0.15) is 5.75 Å². The van der Waals surface area contributed by atoms with Crippen LogP contribution in [0.4, 0.5) is 0 Å². The number of hydrogen-bond acceptors (Lipinski definition) is 3. The molecule has 0 aromatic heterocycles. The third-order valence-electron chi connectivity index (χ3n) is 1.49. The number of ether oxygens (including phenoxy) is 3. The van der Waals surface area contributed by atoms with Gasteiger partial charge in [-0.25, -0.2) is 0 Å². The van der Waals surface area contributed by atoms with E-state index in [9.17, 15) is 5.11 Å². The van der Waals surface area contributed by atoms with Crippen LogP contribution in [0.1, 0.15) is 0 Å². The van der Waals surface area contributed by atoms with Gasteiger partial charge in [0.05, 0.1) is 0 Å². The Hall–Kier alpha value is -1.10. The van der Waals surface area contributed by atoms with E-state index in [1.54, 1.807) is 24.3 Å². The number of methoxy groups -OCH3 is 2. The minimum absolute atomic E-state index is 0.404. The Balaban J connectivity index is 2.68. The first-order valence-electron chi connectivity index (χ1n) is 3.75. The number of rotatable bonds is 4. The normalized spacial score (nSPS) is 11.3. The van der Waals surface area contributed by atoms with E-state index in [-0.39, 0.29) is 0 Å². The van der Waals surface area contributed by atoms with Crippen LogP contribution in [0.15, 0.2) is 30.3 Å². The van der Waals surface area contributed by atoms with Crippen molar-refractivity contribution in [2.24, 2.45) is 0 Å². The Labute approximate surface area is 76.7 Å². The molecule has 4 nitrogen and oxygen atoms in total. The van der Waals surface area contributed by atoms with Crippen LogP contribution in [0.25, 0.3) is 0 Å². The van der Waals surface area contributed by atoms with Crippen LogP contribution < -0.4 is 4.74 Å². The van der Waals surface area contributed by atoms with Gasteiger partial charge >= 0.3 is 6.16 Å². The van der Waals surface area contributed by atoms with Gasteiger partial charge in [0.25, 0.3) is 0 Å². The summed E-state index contributed by atoms with van der Waals surface area (Å²) in [7, 11) is 2.44. The monoisotopic (exact) mass is 183 g/mol. The van der Waals surface area contributed by atoms with Crippen molar-refractivity contribution in [3.05, 3.63) is 30.3 Å². The summed E-state index contributed by atoms with van der Waals surface area (Å²) < 4.78 is 13.9. The van der Waals surface area contributed by atoms with E-state index < -0.39 is 6.16 Å². The minimum Gasteiger partial charge on any atom is -0.415 e. The van der Waals surface area contributed by atoms with Crippen molar-refractivity contribution >= 4 is 0 Å². The molecular formula is C9H11O4. The third kappa shape index (κ3) is 2.69. The van der Waals surface area contributed by atoms with E-state index in [1.165, 1.54) is 14.2 Å². The molecule has 4 heteroatoms. The topological polar surface area (TPSA) is 47.6 Å². The molecule has 0 aliphatic rings. The fourth-order valence-electron chi connectivity index (χ4n) is 0.800. The molecule has 0 N–H and O–H groups in total. The first-order chi connectivity index (χ1) is 6.20. The summed E-state index contributed by atoms with van der Waals surface area (Å²) >= 11 is 0. The van der Waals surface area contributed by atoms with Gasteiger partial charge in [-0.3, -0.25) is 9.47 Å². The quantitative estimate of drug-likeness (QED) is 0.663. The fraction of sp³-hybridized carbons (Fsp3) is 0.333. The number of benzene rings is 1. The number of para-hydroxylation sites is 1. The van der Waals surface area contributed by atoms with Crippen LogP contribution in [-0.2, 0) is 14.6 Å². The lowest BCUT2D eigenvalue weighted by Crippen LogP contribution is -2.38. The molecule has 71 valence electrons. The largest absolute Gasteiger partial charge is 0.487 e. The van der Waals surface area contributed by atoms with Crippen LogP contribution in [0.3, 0.4) is 0 Å². The lowest BCUT2D eigenvalue weighted by Gasteiger charge is -2.21. The third-order valence-corrected chi connectivity index (χ3v) is 1.49. The maximum Gasteiger partial charge on any atom is 0.487 e. The highest BCUT2D eigenvalue weighted by Crippen LogP contribution is 2.17. The van der Waals surface area contributed by atoms with Gasteiger partial charge in [0, 0.05) is 14.2 Å². The summed E-state index contributed by atoms with van der Waals surface area (Å²) in [6.45, 7) is 0. The first-order valence-corrected chi connectivity index (χ1v) is 3.75. The van der Waals surface area contributed by atoms with Gasteiger partial charge in [-0.2, -0.15) is 0 Å². The van der Waals surface area contributed by atoms with Crippen LogP contribution in [0, 0.1) is 0 Å². The van der Waals surface area contributed by atoms with Gasteiger partial charge in [-0.1, -0.05) is 18.2 Å². The average Bonchev–Trinajstić information content (AvgIpc) is 2.19. The second-order valence-electron chi connectivity index (χ2n) is 2.32. The summed E-state index contributed by atoms with van der Waals surface area (Å²) in [5.41, 5.74) is 0. The smallest absolute Gasteiger partial charge is 0.415 e. The highest BCUT2D eigenvalue weighted by atomic mass is 17.0. The zero-order valence-electron chi connectivity index (χ0n) is 7.52. The van der Waals surface area contributed by atoms with Crippen LogP contribution in [0.5, 0.6) is 5.75 Å². The molecule has 0 heterocycles. The van der Waals surface area contributed by atoms with E-state index in [0.717, 1.165) is 0 Å². The SMILES string of the molecule is COC([O])(OC)Oc1ccccc1. The molecule has 0 unspecified atom stereocenters. The van der Waals surface area contributed by atoms with Gasteiger partial charge < -0.3 is 4.74 Å². The highest BCUT2D eigenvalue weighted by Gasteiger charge is 2.31. The summed E-state index contributed by atoms with van der Waals surface area (Å²) in [5.74, 6) is 0.404. The lowest BCUT2D eigenvalue weighted by molar-refractivity contribution is -0.464. The molecule has 0 saturated carbocycles. The average molecular weight is 183 g/mol. The van der Waals surface area contributed by atoms with Crippen molar-refractivity contribution in [2.45, 2.75) is 6.16 Å². The molecule has 0 bridgehead atoms. The van der Waals surface area contributed by atoms with Crippen molar-refractivity contribution in [3.8, 4) is 5.75 Å². The molecule has 0 saturated heterocycles. The maximum absolute atomic E-state index is 11.3. The van der Waals surface area contributed by atoms with E-state index in [0.29, 0.717) is 5.75 Å². The summed E-state index contributed by atoms with van der Waals surface area (Å²) in [6, 6.07) is 8.61. The molecule has 13 heavy (non-hydrogen) atoms. The highest BCUT2D eigenvalue weighted by molar-refractivity contribution is 5.21. The van der Waals surface area contributed by atoms with Crippen molar-refractivity contribution in [2.75, 3.05) is 14.2 Å². The van der Waals surface area contributed by atoms with E-state index in [1.807, 2.05) is 6.07 Å². The predicted molar refractivity (Wildman–Crippen MR) is 44.5 cm³/mol. The Morgan fingerprint density at radius 3 is 2.08 bits per heavy atom. The minimum atomic E-state index is -2.26. The molecule has 1 rings (SSSR count). The van der Waals surface area contributed by atoms with Gasteiger partial charge in [-0.05, 0) is 12.1 Å². The predicted octanol–water partition coefficient (Wildman–Crippen LogP) is 1.40. The molecule has 0 aliphatic carbocycles. The van der Waals surface area contributed by atoms with Crippen LogP contribution in [0.2, 0.25) is 0 Å². The standard InChI is InChI=1S/C9H11O4/c1-11-9(10,12-2)13-8-6-4-3-5-7-8/h3-7H,1-2H3. The molecule has 0 amide bonds. The van der Waals surface area contributed by atoms with Crippen molar-refractivity contribution in [1.82, 2.24) is 0 Å². The summed E-state index contributed by atoms with van der Waals surface area (Å²) in [5, 5.41) is 11.3. The molecule has 0 atom stereocenters. The van der Waals surface area contributed by atoms with Crippen LogP contribution in [-0.4, -0.2) is 20.4 Å². The second-order valence-corrected chi connectivity index (χ2v) is 2.32. The maximum atomic E-state index is 11.3. The van der Waals surface area contributed by atoms with E-state index in [2.05, 4.69) is 9.47 Å². The fourth-order valence-corrected chi connectivity index (χ4v) is 0.800. The Bertz CT molecular complexity index is 243. The molecule has 1 aromatic rings. The second kappa shape index (κ2) is 4.23. The molecule has 1 radical (unpaired) electrons. The van der Waals surface area contributed by atoms with Crippen molar-refractivity contribution in [3.63, 3.8) is 0 Å². The summed E-state index contributed by atoms with van der Waals surface area (Å²) in [6.07, 6.45) is -2.26.